The normalized spacial score (nSPS) is 15.4. The fraction of sp³-hybridized carbons (Fsp3) is 0.714. The van der Waals surface area contributed by atoms with Gasteiger partial charge in [0.15, 0.2) is 0 Å². The van der Waals surface area contributed by atoms with Crippen molar-refractivity contribution in [3.05, 3.63) is 16.0 Å². The summed E-state index contributed by atoms with van der Waals surface area (Å²) in [6, 6.07) is 0. The van der Waals surface area contributed by atoms with E-state index in [0.717, 1.165) is 31.6 Å². The summed E-state index contributed by atoms with van der Waals surface area (Å²) in [6.45, 7) is 7.65. The molecule has 0 spiro atoms. The first-order valence-corrected chi connectivity index (χ1v) is 7.40. The largest absolute Gasteiger partial charge is 0.380 e. The van der Waals surface area contributed by atoms with Crippen LogP contribution < -0.4 is 15.8 Å². The molecule has 0 atom stereocenters. The second-order valence-electron chi connectivity index (χ2n) is 5.02. The number of H-pyrrole nitrogens is 1. The Kier molecular flexibility index (Phi) is 5.40. The molecular formula is C14H24N4O2. The van der Waals surface area contributed by atoms with Gasteiger partial charge in [-0.3, -0.25) is 9.78 Å². The lowest BCUT2D eigenvalue weighted by Crippen LogP contribution is -2.33. The number of hydrogen-bond acceptors (Lipinski definition) is 5. The highest BCUT2D eigenvalue weighted by Crippen LogP contribution is 2.16. The van der Waals surface area contributed by atoms with E-state index in [1.807, 2.05) is 13.8 Å². The zero-order valence-electron chi connectivity index (χ0n) is 12.4. The van der Waals surface area contributed by atoms with E-state index in [0.29, 0.717) is 31.4 Å². The van der Waals surface area contributed by atoms with Gasteiger partial charge < -0.3 is 15.0 Å². The summed E-state index contributed by atoms with van der Waals surface area (Å²) in [4.78, 5) is 21.7. The molecule has 1 aliphatic rings. The van der Waals surface area contributed by atoms with Crippen molar-refractivity contribution in [2.75, 3.05) is 43.1 Å². The lowest BCUT2D eigenvalue weighted by atomic mass is 10.1. The number of aromatic nitrogens is 2. The summed E-state index contributed by atoms with van der Waals surface area (Å²) in [5.41, 5.74) is 1.19. The fourth-order valence-electron chi connectivity index (χ4n) is 2.43. The second kappa shape index (κ2) is 7.28. The summed E-state index contributed by atoms with van der Waals surface area (Å²) >= 11 is 0. The Labute approximate surface area is 119 Å². The Hall–Kier alpha value is -1.56. The highest BCUT2D eigenvalue weighted by Gasteiger charge is 2.15. The maximum Gasteiger partial charge on any atom is 0.275 e. The lowest BCUT2D eigenvalue weighted by molar-refractivity contribution is 0.158. The highest BCUT2D eigenvalue weighted by molar-refractivity contribution is 5.48. The van der Waals surface area contributed by atoms with Crippen LogP contribution in [0.3, 0.4) is 0 Å². The molecule has 2 rings (SSSR count). The van der Waals surface area contributed by atoms with E-state index in [2.05, 4.69) is 20.2 Å². The van der Waals surface area contributed by atoms with Gasteiger partial charge in [-0.1, -0.05) is 0 Å². The van der Waals surface area contributed by atoms with Crippen LogP contribution in [0, 0.1) is 6.92 Å². The predicted molar refractivity (Wildman–Crippen MR) is 80.6 cm³/mol. The molecule has 1 fully saturated rings. The minimum Gasteiger partial charge on any atom is -0.380 e. The number of rotatable bonds is 6. The van der Waals surface area contributed by atoms with Crippen LogP contribution in [0.2, 0.25) is 0 Å². The Bertz CT molecular complexity index is 481. The maximum absolute atomic E-state index is 12.1. The predicted octanol–water partition coefficient (Wildman–Crippen LogP) is 1.52. The third-order valence-electron chi connectivity index (χ3n) is 3.50. The van der Waals surface area contributed by atoms with Gasteiger partial charge in [-0.05, 0) is 33.1 Å². The van der Waals surface area contributed by atoms with Crippen molar-refractivity contribution in [2.45, 2.75) is 33.1 Å². The average molecular weight is 280 g/mol. The molecule has 0 amide bonds. The van der Waals surface area contributed by atoms with Gasteiger partial charge in [-0.25, -0.2) is 4.98 Å². The number of anilines is 2. The lowest BCUT2D eigenvalue weighted by Gasteiger charge is -2.27. The van der Waals surface area contributed by atoms with Gasteiger partial charge in [0, 0.05) is 26.2 Å². The standard InChI is InChI=1S/C14H24N4O2/c1-3-20-10-7-15-12-11(2)16-14(17-13(12)19)18-8-5-4-6-9-18/h15H,3-10H2,1-2H3,(H,16,17,19). The summed E-state index contributed by atoms with van der Waals surface area (Å²) in [5, 5.41) is 3.10. The van der Waals surface area contributed by atoms with Crippen molar-refractivity contribution in [3.63, 3.8) is 0 Å². The van der Waals surface area contributed by atoms with E-state index in [9.17, 15) is 4.79 Å². The molecule has 0 aromatic carbocycles. The third-order valence-corrected chi connectivity index (χ3v) is 3.50. The van der Waals surface area contributed by atoms with E-state index in [-0.39, 0.29) is 5.56 Å². The molecule has 6 nitrogen and oxygen atoms in total. The molecule has 0 saturated carbocycles. The van der Waals surface area contributed by atoms with Crippen molar-refractivity contribution in [2.24, 2.45) is 0 Å². The number of nitrogens with one attached hydrogen (secondary N) is 2. The molecule has 1 aromatic heterocycles. The van der Waals surface area contributed by atoms with Crippen LogP contribution in [0.1, 0.15) is 31.9 Å². The van der Waals surface area contributed by atoms with Crippen molar-refractivity contribution in [1.29, 1.82) is 0 Å². The highest BCUT2D eigenvalue weighted by atomic mass is 16.5. The van der Waals surface area contributed by atoms with Gasteiger partial charge >= 0.3 is 0 Å². The monoisotopic (exact) mass is 280 g/mol. The molecule has 0 aliphatic carbocycles. The molecule has 20 heavy (non-hydrogen) atoms. The van der Waals surface area contributed by atoms with Gasteiger partial charge in [-0.15, -0.1) is 0 Å². The molecule has 2 heterocycles. The first-order valence-electron chi connectivity index (χ1n) is 7.40. The number of piperidine rings is 1. The summed E-state index contributed by atoms with van der Waals surface area (Å²) < 4.78 is 5.25. The second-order valence-corrected chi connectivity index (χ2v) is 5.02. The zero-order valence-corrected chi connectivity index (χ0v) is 12.4. The third kappa shape index (κ3) is 3.72. The molecule has 0 bridgehead atoms. The van der Waals surface area contributed by atoms with E-state index < -0.39 is 0 Å². The molecule has 1 aliphatic heterocycles. The number of ether oxygens (including phenoxy) is 1. The summed E-state index contributed by atoms with van der Waals surface area (Å²) in [7, 11) is 0. The molecular weight excluding hydrogens is 256 g/mol. The first-order chi connectivity index (χ1) is 9.72. The van der Waals surface area contributed by atoms with Crippen LogP contribution in [-0.4, -0.2) is 42.8 Å². The minimum absolute atomic E-state index is 0.102. The van der Waals surface area contributed by atoms with Crippen LogP contribution >= 0.6 is 0 Å². The summed E-state index contributed by atoms with van der Waals surface area (Å²) in [6.07, 6.45) is 3.59. The Balaban J connectivity index is 2.05. The van der Waals surface area contributed by atoms with Gasteiger partial charge in [0.05, 0.1) is 12.3 Å². The van der Waals surface area contributed by atoms with Crippen molar-refractivity contribution >= 4 is 11.6 Å². The van der Waals surface area contributed by atoms with Crippen molar-refractivity contribution < 1.29 is 4.74 Å². The van der Waals surface area contributed by atoms with Gasteiger partial charge in [0.1, 0.15) is 5.69 Å². The molecule has 1 aromatic rings. The van der Waals surface area contributed by atoms with Crippen LogP contribution in [-0.2, 0) is 4.74 Å². The van der Waals surface area contributed by atoms with Crippen LogP contribution in [0.5, 0.6) is 0 Å². The average Bonchev–Trinajstić information content (AvgIpc) is 2.46. The Morgan fingerprint density at radius 3 is 2.75 bits per heavy atom. The van der Waals surface area contributed by atoms with E-state index >= 15 is 0 Å². The van der Waals surface area contributed by atoms with E-state index in [1.165, 1.54) is 6.42 Å². The number of hydrogen-bond donors (Lipinski definition) is 2. The van der Waals surface area contributed by atoms with Gasteiger partial charge in [0.25, 0.3) is 5.56 Å². The Morgan fingerprint density at radius 2 is 2.10 bits per heavy atom. The Morgan fingerprint density at radius 1 is 1.35 bits per heavy atom. The molecule has 1 saturated heterocycles. The number of aryl methyl sites for hydroxylation is 1. The van der Waals surface area contributed by atoms with E-state index in [4.69, 9.17) is 4.74 Å². The van der Waals surface area contributed by atoms with Crippen molar-refractivity contribution in [1.82, 2.24) is 9.97 Å². The molecule has 0 unspecified atom stereocenters. The topological polar surface area (TPSA) is 70.2 Å². The van der Waals surface area contributed by atoms with Crippen LogP contribution in [0.4, 0.5) is 11.6 Å². The molecule has 2 N–H and O–H groups in total. The molecule has 112 valence electrons. The fourth-order valence-corrected chi connectivity index (χ4v) is 2.43. The first kappa shape index (κ1) is 14.8. The van der Waals surface area contributed by atoms with Gasteiger partial charge in [-0.2, -0.15) is 0 Å². The van der Waals surface area contributed by atoms with Crippen LogP contribution in [0.25, 0.3) is 0 Å². The molecule has 6 heteroatoms. The van der Waals surface area contributed by atoms with Crippen LogP contribution in [0.15, 0.2) is 4.79 Å². The van der Waals surface area contributed by atoms with Gasteiger partial charge in [0.2, 0.25) is 5.95 Å². The number of nitrogens with zero attached hydrogens (tertiary/aromatic N) is 2. The van der Waals surface area contributed by atoms with Crippen molar-refractivity contribution in [3.8, 4) is 0 Å². The number of aromatic amines is 1. The van der Waals surface area contributed by atoms with E-state index in [1.54, 1.807) is 0 Å². The smallest absolute Gasteiger partial charge is 0.275 e. The minimum atomic E-state index is -0.102. The maximum atomic E-state index is 12.1. The summed E-state index contributed by atoms with van der Waals surface area (Å²) in [5.74, 6) is 0.697. The quantitative estimate of drug-likeness (QED) is 0.773. The molecule has 0 radical (unpaired) electrons. The SMILES string of the molecule is CCOCCNc1c(C)nc(N2CCCCC2)[nH]c1=O. The zero-order chi connectivity index (χ0) is 14.4.